The van der Waals surface area contributed by atoms with Crippen molar-refractivity contribution in [2.45, 2.75) is 39.0 Å². The van der Waals surface area contributed by atoms with Gasteiger partial charge >= 0.3 is 6.18 Å². The molecule has 1 saturated heterocycles. The fraction of sp³-hybridized carbons (Fsp3) is 0.588. The zero-order valence-corrected chi connectivity index (χ0v) is 17.2. The maximum Gasteiger partial charge on any atom is 0.401 e. The predicted octanol–water partition coefficient (Wildman–Crippen LogP) is 3.44. The Kier molecular flexibility index (Phi) is 9.08. The molecule has 4 nitrogen and oxygen atoms in total. The van der Waals surface area contributed by atoms with Crippen molar-refractivity contribution >= 4 is 29.9 Å². The van der Waals surface area contributed by atoms with Gasteiger partial charge in [0.25, 0.3) is 0 Å². The van der Waals surface area contributed by atoms with E-state index in [0.29, 0.717) is 44.1 Å². The summed E-state index contributed by atoms with van der Waals surface area (Å²) >= 11 is 0. The number of hydrogen-bond donors (Lipinski definition) is 2. The van der Waals surface area contributed by atoms with E-state index in [2.05, 4.69) is 15.6 Å². The second-order valence-electron chi connectivity index (χ2n) is 6.26. The van der Waals surface area contributed by atoms with E-state index in [1.165, 1.54) is 11.0 Å². The molecule has 1 aliphatic rings. The molecule has 0 amide bonds. The number of aryl methyl sites for hydroxylation is 1. The van der Waals surface area contributed by atoms with Crippen LogP contribution in [0.3, 0.4) is 0 Å². The SMILES string of the molecule is CCNC(=NCc1ccc(C)c(F)c1)NC1CCN(CC(F)(F)F)C1.I. The zero-order chi connectivity index (χ0) is 18.4. The van der Waals surface area contributed by atoms with Crippen LogP contribution >= 0.6 is 24.0 Å². The number of nitrogens with one attached hydrogen (secondary N) is 2. The third kappa shape index (κ3) is 7.65. The Balaban J connectivity index is 0.00000338. The monoisotopic (exact) mass is 488 g/mol. The van der Waals surface area contributed by atoms with Gasteiger partial charge in [-0.3, -0.25) is 4.90 Å². The quantitative estimate of drug-likeness (QED) is 0.289. The van der Waals surface area contributed by atoms with Crippen molar-refractivity contribution in [2.24, 2.45) is 4.99 Å². The first-order chi connectivity index (χ1) is 11.8. The van der Waals surface area contributed by atoms with Gasteiger partial charge in [-0.25, -0.2) is 9.38 Å². The molecule has 1 unspecified atom stereocenters. The van der Waals surface area contributed by atoms with Crippen LogP contribution in [0.2, 0.25) is 0 Å². The van der Waals surface area contributed by atoms with Crippen LogP contribution in [0.25, 0.3) is 0 Å². The molecule has 0 spiro atoms. The van der Waals surface area contributed by atoms with Crippen molar-refractivity contribution in [1.29, 1.82) is 0 Å². The van der Waals surface area contributed by atoms with Crippen molar-refractivity contribution in [3.63, 3.8) is 0 Å². The van der Waals surface area contributed by atoms with E-state index >= 15 is 0 Å². The van der Waals surface area contributed by atoms with Gasteiger partial charge in [-0.2, -0.15) is 13.2 Å². The van der Waals surface area contributed by atoms with Crippen LogP contribution in [0.15, 0.2) is 23.2 Å². The Hall–Kier alpha value is -1.10. The van der Waals surface area contributed by atoms with Crippen LogP contribution in [0.1, 0.15) is 24.5 Å². The normalized spacial score (nSPS) is 18.5. The molecule has 0 aromatic heterocycles. The summed E-state index contributed by atoms with van der Waals surface area (Å²) in [6.45, 7) is 4.37. The second-order valence-corrected chi connectivity index (χ2v) is 6.26. The van der Waals surface area contributed by atoms with Gasteiger partial charge in [0.1, 0.15) is 5.82 Å². The molecule has 0 radical (unpaired) electrons. The topological polar surface area (TPSA) is 39.7 Å². The standard InChI is InChI=1S/C17H24F4N4.HI/c1-3-22-16(23-9-13-5-4-12(2)15(18)8-13)24-14-6-7-25(10-14)11-17(19,20)21;/h4-5,8,14H,3,6-7,9-11H2,1-2H3,(H2,22,23,24);1H. The van der Waals surface area contributed by atoms with E-state index in [0.717, 1.165) is 5.56 Å². The van der Waals surface area contributed by atoms with Crippen LogP contribution in [-0.4, -0.2) is 49.3 Å². The summed E-state index contributed by atoms with van der Waals surface area (Å²) in [6.07, 6.45) is -3.55. The van der Waals surface area contributed by atoms with Gasteiger partial charge < -0.3 is 10.6 Å². The zero-order valence-electron chi connectivity index (χ0n) is 14.9. The lowest BCUT2D eigenvalue weighted by molar-refractivity contribution is -0.143. The van der Waals surface area contributed by atoms with Crippen LogP contribution in [0.4, 0.5) is 17.6 Å². The van der Waals surface area contributed by atoms with E-state index in [9.17, 15) is 17.6 Å². The Morgan fingerprint density at radius 3 is 2.69 bits per heavy atom. The van der Waals surface area contributed by atoms with Crippen LogP contribution in [-0.2, 0) is 6.54 Å². The number of alkyl halides is 3. The molecule has 148 valence electrons. The molecular formula is C17H25F4IN4. The van der Waals surface area contributed by atoms with Crippen molar-refractivity contribution < 1.29 is 17.6 Å². The summed E-state index contributed by atoms with van der Waals surface area (Å²) < 4.78 is 51.0. The van der Waals surface area contributed by atoms with E-state index in [4.69, 9.17) is 0 Å². The third-order valence-corrected chi connectivity index (χ3v) is 4.02. The summed E-state index contributed by atoms with van der Waals surface area (Å²) in [5.41, 5.74) is 1.32. The first kappa shape index (κ1) is 22.9. The largest absolute Gasteiger partial charge is 0.401 e. The lowest BCUT2D eigenvalue weighted by Crippen LogP contribution is -2.45. The number of guanidine groups is 1. The molecule has 26 heavy (non-hydrogen) atoms. The Morgan fingerprint density at radius 1 is 1.35 bits per heavy atom. The molecule has 9 heteroatoms. The molecule has 1 heterocycles. The maximum absolute atomic E-state index is 13.6. The molecule has 0 saturated carbocycles. The molecule has 1 fully saturated rings. The minimum atomic E-state index is -4.18. The van der Waals surface area contributed by atoms with Crippen LogP contribution in [0.5, 0.6) is 0 Å². The fourth-order valence-corrected chi connectivity index (χ4v) is 2.77. The van der Waals surface area contributed by atoms with Gasteiger partial charge in [0.2, 0.25) is 0 Å². The highest BCUT2D eigenvalue weighted by molar-refractivity contribution is 14.0. The highest BCUT2D eigenvalue weighted by atomic mass is 127. The summed E-state index contributed by atoms with van der Waals surface area (Å²) in [4.78, 5) is 5.79. The third-order valence-electron chi connectivity index (χ3n) is 4.02. The minimum Gasteiger partial charge on any atom is -0.357 e. The van der Waals surface area contributed by atoms with E-state index in [1.54, 1.807) is 13.0 Å². The van der Waals surface area contributed by atoms with Crippen LogP contribution in [0, 0.1) is 12.7 Å². The second kappa shape index (κ2) is 10.3. The number of aliphatic imine (C=N–C) groups is 1. The van der Waals surface area contributed by atoms with Crippen LogP contribution < -0.4 is 10.6 Å². The lowest BCUT2D eigenvalue weighted by atomic mass is 10.1. The molecule has 2 rings (SSSR count). The first-order valence-electron chi connectivity index (χ1n) is 8.36. The highest BCUT2D eigenvalue weighted by Crippen LogP contribution is 2.20. The lowest BCUT2D eigenvalue weighted by Gasteiger charge is -2.19. The smallest absolute Gasteiger partial charge is 0.357 e. The van der Waals surface area contributed by atoms with E-state index in [1.807, 2.05) is 13.0 Å². The summed E-state index contributed by atoms with van der Waals surface area (Å²) in [7, 11) is 0. The number of benzene rings is 1. The van der Waals surface area contributed by atoms with Gasteiger partial charge in [-0.1, -0.05) is 12.1 Å². The number of nitrogens with zero attached hydrogens (tertiary/aromatic N) is 2. The average Bonchev–Trinajstić information content (AvgIpc) is 2.93. The molecule has 1 aliphatic heterocycles. The Labute approximate surface area is 168 Å². The molecule has 1 aromatic carbocycles. The number of halogens is 5. The highest BCUT2D eigenvalue weighted by Gasteiger charge is 2.34. The molecule has 2 N–H and O–H groups in total. The van der Waals surface area contributed by atoms with E-state index < -0.39 is 12.7 Å². The van der Waals surface area contributed by atoms with Gasteiger partial charge in [-0.15, -0.1) is 24.0 Å². The van der Waals surface area contributed by atoms with Crippen molar-refractivity contribution in [1.82, 2.24) is 15.5 Å². The molecule has 0 bridgehead atoms. The molecule has 1 aromatic rings. The van der Waals surface area contributed by atoms with E-state index in [-0.39, 0.29) is 35.8 Å². The Morgan fingerprint density at radius 2 is 2.08 bits per heavy atom. The molecule has 1 atom stereocenters. The molecule has 0 aliphatic carbocycles. The number of hydrogen-bond acceptors (Lipinski definition) is 2. The Bertz CT molecular complexity index is 607. The fourth-order valence-electron chi connectivity index (χ4n) is 2.77. The summed E-state index contributed by atoms with van der Waals surface area (Å²) in [5, 5.41) is 6.24. The van der Waals surface area contributed by atoms with Gasteiger partial charge in [0.05, 0.1) is 13.1 Å². The van der Waals surface area contributed by atoms with Gasteiger partial charge in [-0.05, 0) is 37.5 Å². The molecular weight excluding hydrogens is 463 g/mol. The van der Waals surface area contributed by atoms with Gasteiger partial charge in [0, 0.05) is 25.7 Å². The first-order valence-corrected chi connectivity index (χ1v) is 8.36. The maximum atomic E-state index is 13.6. The van der Waals surface area contributed by atoms with Crippen molar-refractivity contribution in [3.05, 3.63) is 35.1 Å². The summed E-state index contributed by atoms with van der Waals surface area (Å²) in [5.74, 6) is 0.256. The minimum absolute atomic E-state index is 0. The number of rotatable bonds is 5. The summed E-state index contributed by atoms with van der Waals surface area (Å²) in [6, 6.07) is 4.87. The average molecular weight is 488 g/mol. The predicted molar refractivity (Wildman–Crippen MR) is 105 cm³/mol. The number of likely N-dealkylation sites (tertiary alicyclic amines) is 1. The van der Waals surface area contributed by atoms with Gasteiger partial charge in [0.15, 0.2) is 5.96 Å². The van der Waals surface area contributed by atoms with Crippen molar-refractivity contribution in [2.75, 3.05) is 26.2 Å². The van der Waals surface area contributed by atoms with Crippen molar-refractivity contribution in [3.8, 4) is 0 Å².